The Labute approximate surface area is 127 Å². The number of hydrogen-bond acceptors (Lipinski definition) is 3. The number of benzene rings is 1. The number of hydrogen-bond donors (Lipinski definition) is 2. The first-order chi connectivity index (χ1) is 9.86. The molecular formula is C17H26N2S. The van der Waals surface area contributed by atoms with E-state index < -0.39 is 0 Å². The molecule has 0 radical (unpaired) electrons. The molecule has 1 fully saturated rings. The van der Waals surface area contributed by atoms with Crippen LogP contribution in [0.25, 0.3) is 0 Å². The molecule has 1 aromatic carbocycles. The van der Waals surface area contributed by atoms with Gasteiger partial charge in [0, 0.05) is 23.9 Å². The summed E-state index contributed by atoms with van der Waals surface area (Å²) in [5.74, 6) is 0. The minimum Gasteiger partial charge on any atom is -0.313 e. The fourth-order valence-corrected chi connectivity index (χ4v) is 4.46. The molecule has 3 heteroatoms. The third kappa shape index (κ3) is 3.38. The van der Waals surface area contributed by atoms with Gasteiger partial charge in [-0.3, -0.25) is 0 Å². The van der Waals surface area contributed by atoms with Crippen LogP contribution >= 0.6 is 11.8 Å². The summed E-state index contributed by atoms with van der Waals surface area (Å²) in [7, 11) is 0. The minimum atomic E-state index is 0.534. The van der Waals surface area contributed by atoms with Crippen LogP contribution in [-0.2, 0) is 6.54 Å². The van der Waals surface area contributed by atoms with Crippen molar-refractivity contribution in [1.29, 1.82) is 0 Å². The van der Waals surface area contributed by atoms with Gasteiger partial charge in [-0.25, -0.2) is 0 Å². The van der Waals surface area contributed by atoms with E-state index in [2.05, 4.69) is 41.2 Å². The van der Waals surface area contributed by atoms with Gasteiger partial charge in [-0.05, 0) is 49.6 Å². The third-order valence-electron chi connectivity index (χ3n) is 4.75. The average molecular weight is 290 g/mol. The number of nitrogens with one attached hydrogen (secondary N) is 2. The molecule has 1 saturated carbocycles. The number of rotatable bonds is 3. The molecule has 2 N–H and O–H groups in total. The minimum absolute atomic E-state index is 0.534. The van der Waals surface area contributed by atoms with E-state index in [1.807, 2.05) is 11.8 Å². The van der Waals surface area contributed by atoms with Gasteiger partial charge in [-0.1, -0.05) is 30.7 Å². The normalized spacial score (nSPS) is 30.6. The molecule has 3 atom stereocenters. The zero-order valence-corrected chi connectivity index (χ0v) is 13.2. The van der Waals surface area contributed by atoms with Crippen LogP contribution in [0.4, 0.5) is 0 Å². The highest BCUT2D eigenvalue weighted by Crippen LogP contribution is 2.30. The molecule has 2 aliphatic rings. The van der Waals surface area contributed by atoms with Gasteiger partial charge in [0.05, 0.1) is 0 Å². The summed E-state index contributed by atoms with van der Waals surface area (Å²) in [4.78, 5) is 0. The third-order valence-corrected chi connectivity index (χ3v) is 5.85. The Morgan fingerprint density at radius 3 is 3.00 bits per heavy atom. The summed E-state index contributed by atoms with van der Waals surface area (Å²) in [5, 5.41) is 8.37. The van der Waals surface area contributed by atoms with Gasteiger partial charge >= 0.3 is 0 Å². The van der Waals surface area contributed by atoms with E-state index in [1.54, 1.807) is 0 Å². The SMILES string of the molecule is CSC1CCCC(NC2CCNCc3ccccc32)C1. The fraction of sp³-hybridized carbons (Fsp3) is 0.647. The lowest BCUT2D eigenvalue weighted by Crippen LogP contribution is -2.38. The van der Waals surface area contributed by atoms with Crippen molar-refractivity contribution in [3.63, 3.8) is 0 Å². The zero-order valence-electron chi connectivity index (χ0n) is 12.4. The van der Waals surface area contributed by atoms with Crippen LogP contribution in [0, 0.1) is 0 Å². The Morgan fingerprint density at radius 2 is 2.10 bits per heavy atom. The molecule has 0 amide bonds. The Kier molecular flexibility index (Phi) is 5.03. The fourth-order valence-electron chi connectivity index (χ4n) is 3.63. The predicted octanol–water partition coefficient (Wildman–Crippen LogP) is 3.48. The first-order valence-electron chi connectivity index (χ1n) is 7.94. The van der Waals surface area contributed by atoms with Gasteiger partial charge in [0.1, 0.15) is 0 Å². The first kappa shape index (κ1) is 14.4. The predicted molar refractivity (Wildman–Crippen MR) is 88.2 cm³/mol. The molecule has 3 rings (SSSR count). The Morgan fingerprint density at radius 1 is 1.20 bits per heavy atom. The van der Waals surface area contributed by atoms with Gasteiger partial charge in [0.25, 0.3) is 0 Å². The van der Waals surface area contributed by atoms with Crippen LogP contribution < -0.4 is 10.6 Å². The van der Waals surface area contributed by atoms with Crippen LogP contribution in [-0.4, -0.2) is 24.1 Å². The molecule has 2 nitrogen and oxygen atoms in total. The van der Waals surface area contributed by atoms with Gasteiger partial charge in [0.2, 0.25) is 0 Å². The average Bonchev–Trinajstić information content (AvgIpc) is 2.70. The maximum Gasteiger partial charge on any atom is 0.0337 e. The van der Waals surface area contributed by atoms with E-state index in [9.17, 15) is 0 Å². The maximum atomic E-state index is 3.96. The molecule has 0 aromatic heterocycles. The van der Waals surface area contributed by atoms with E-state index in [0.29, 0.717) is 12.1 Å². The van der Waals surface area contributed by atoms with Gasteiger partial charge < -0.3 is 10.6 Å². The zero-order chi connectivity index (χ0) is 13.8. The number of thioether (sulfide) groups is 1. The lowest BCUT2D eigenvalue weighted by Gasteiger charge is -2.32. The molecule has 1 heterocycles. The van der Waals surface area contributed by atoms with E-state index in [4.69, 9.17) is 0 Å². The largest absolute Gasteiger partial charge is 0.313 e. The van der Waals surface area contributed by atoms with Crippen molar-refractivity contribution < 1.29 is 0 Å². The number of fused-ring (bicyclic) bond motifs is 1. The second kappa shape index (κ2) is 6.97. The molecule has 0 spiro atoms. The van der Waals surface area contributed by atoms with Crippen molar-refractivity contribution in [2.45, 2.75) is 56.0 Å². The Bertz CT molecular complexity index is 435. The smallest absolute Gasteiger partial charge is 0.0337 e. The molecule has 0 bridgehead atoms. The Hall–Kier alpha value is -0.510. The summed E-state index contributed by atoms with van der Waals surface area (Å²) in [5.41, 5.74) is 2.99. The standard InChI is InChI=1S/C17H26N2S/c1-20-15-7-4-6-14(11-15)19-17-9-10-18-12-13-5-2-3-8-16(13)17/h2-3,5,8,14-15,17-19H,4,6-7,9-12H2,1H3. The van der Waals surface area contributed by atoms with Crippen LogP contribution in [0.5, 0.6) is 0 Å². The molecule has 20 heavy (non-hydrogen) atoms. The van der Waals surface area contributed by atoms with Crippen molar-refractivity contribution in [2.75, 3.05) is 12.8 Å². The van der Waals surface area contributed by atoms with E-state index >= 15 is 0 Å². The lowest BCUT2D eigenvalue weighted by atomic mass is 9.92. The van der Waals surface area contributed by atoms with Crippen LogP contribution in [0.1, 0.15) is 49.3 Å². The van der Waals surface area contributed by atoms with Gasteiger partial charge in [-0.15, -0.1) is 0 Å². The molecule has 0 saturated heterocycles. The highest BCUT2D eigenvalue weighted by molar-refractivity contribution is 7.99. The summed E-state index contributed by atoms with van der Waals surface area (Å²) in [6, 6.07) is 10.2. The van der Waals surface area contributed by atoms with Crippen LogP contribution in [0.2, 0.25) is 0 Å². The van der Waals surface area contributed by atoms with Crippen molar-refractivity contribution >= 4 is 11.8 Å². The first-order valence-corrected chi connectivity index (χ1v) is 9.23. The molecule has 110 valence electrons. The van der Waals surface area contributed by atoms with Crippen molar-refractivity contribution in [3.05, 3.63) is 35.4 Å². The highest BCUT2D eigenvalue weighted by Gasteiger charge is 2.25. The van der Waals surface area contributed by atoms with E-state index in [1.165, 1.54) is 43.2 Å². The Balaban J connectivity index is 1.70. The molecular weight excluding hydrogens is 264 g/mol. The summed E-state index contributed by atoms with van der Waals surface area (Å²) in [6.07, 6.45) is 8.95. The molecule has 3 unspecified atom stereocenters. The summed E-state index contributed by atoms with van der Waals surface area (Å²) < 4.78 is 0. The van der Waals surface area contributed by atoms with Gasteiger partial charge in [0.15, 0.2) is 0 Å². The van der Waals surface area contributed by atoms with Crippen LogP contribution in [0.15, 0.2) is 24.3 Å². The highest BCUT2D eigenvalue weighted by atomic mass is 32.2. The quantitative estimate of drug-likeness (QED) is 0.891. The monoisotopic (exact) mass is 290 g/mol. The van der Waals surface area contributed by atoms with Gasteiger partial charge in [-0.2, -0.15) is 11.8 Å². The summed E-state index contributed by atoms with van der Waals surface area (Å²) >= 11 is 2.05. The molecule has 1 aliphatic heterocycles. The van der Waals surface area contributed by atoms with E-state index in [0.717, 1.165) is 18.3 Å². The second-order valence-electron chi connectivity index (χ2n) is 6.10. The van der Waals surface area contributed by atoms with Crippen molar-refractivity contribution in [1.82, 2.24) is 10.6 Å². The van der Waals surface area contributed by atoms with Crippen molar-refractivity contribution in [3.8, 4) is 0 Å². The topological polar surface area (TPSA) is 24.1 Å². The molecule has 1 aliphatic carbocycles. The molecule has 1 aromatic rings. The van der Waals surface area contributed by atoms with E-state index in [-0.39, 0.29) is 0 Å². The maximum absolute atomic E-state index is 3.96. The lowest BCUT2D eigenvalue weighted by molar-refractivity contribution is 0.336. The van der Waals surface area contributed by atoms with Crippen molar-refractivity contribution in [2.24, 2.45) is 0 Å². The second-order valence-corrected chi connectivity index (χ2v) is 7.24. The van der Waals surface area contributed by atoms with Crippen LogP contribution in [0.3, 0.4) is 0 Å². The summed E-state index contributed by atoms with van der Waals surface area (Å²) in [6.45, 7) is 2.14.